The van der Waals surface area contributed by atoms with Crippen molar-refractivity contribution >= 4 is 28.9 Å². The molecule has 0 radical (unpaired) electrons. The van der Waals surface area contributed by atoms with Crippen LogP contribution in [0.2, 0.25) is 5.02 Å². The third kappa shape index (κ3) is 2.81. The molecule has 0 bridgehead atoms. The molecule has 6 heteroatoms. The van der Waals surface area contributed by atoms with E-state index in [1.165, 1.54) is 28.8 Å². The monoisotopic (exact) mass is 271 g/mol. The third-order valence-electron chi connectivity index (χ3n) is 2.11. The number of halogens is 2. The Hall–Kier alpha value is -1.46. The maximum atomic E-state index is 12.9. The summed E-state index contributed by atoms with van der Waals surface area (Å²) in [6, 6.07) is 4.39. The molecule has 2 aromatic rings. The highest BCUT2D eigenvalue weighted by Gasteiger charge is 2.09. The van der Waals surface area contributed by atoms with Gasteiger partial charge in [-0.1, -0.05) is 17.7 Å². The fourth-order valence-corrected chi connectivity index (χ4v) is 2.32. The summed E-state index contributed by atoms with van der Waals surface area (Å²) in [4.78, 5) is 14.6. The number of hydrogen-bond acceptors (Lipinski definition) is 3. The first-order chi connectivity index (χ1) is 8.06. The van der Waals surface area contributed by atoms with E-state index in [4.69, 9.17) is 16.7 Å². The van der Waals surface area contributed by atoms with Crippen molar-refractivity contribution in [1.82, 2.24) is 4.98 Å². The predicted molar refractivity (Wildman–Crippen MR) is 63.3 cm³/mol. The smallest absolute Gasteiger partial charge is 0.355 e. The van der Waals surface area contributed by atoms with E-state index in [1.54, 1.807) is 6.07 Å². The number of aromatic carboxylic acids is 1. The molecule has 0 spiro atoms. The van der Waals surface area contributed by atoms with Crippen LogP contribution in [0.15, 0.2) is 23.6 Å². The Kier molecular flexibility index (Phi) is 3.40. The Labute approximate surface area is 106 Å². The second-order valence-electron chi connectivity index (χ2n) is 3.36. The summed E-state index contributed by atoms with van der Waals surface area (Å²) < 4.78 is 12.9. The van der Waals surface area contributed by atoms with Crippen LogP contribution in [0.1, 0.15) is 21.1 Å². The van der Waals surface area contributed by atoms with Gasteiger partial charge >= 0.3 is 5.97 Å². The van der Waals surface area contributed by atoms with E-state index in [9.17, 15) is 9.18 Å². The molecule has 88 valence electrons. The van der Waals surface area contributed by atoms with Gasteiger partial charge in [-0.15, -0.1) is 11.3 Å². The largest absolute Gasteiger partial charge is 0.476 e. The standard InChI is InChI=1S/C11H7ClFNO2S/c12-7-3-6(1-2-8(7)13)4-10-14-9(5-17-10)11(15)16/h1-3,5H,4H2,(H,15,16). The highest BCUT2D eigenvalue weighted by Crippen LogP contribution is 2.20. The lowest BCUT2D eigenvalue weighted by Crippen LogP contribution is -1.97. The van der Waals surface area contributed by atoms with E-state index < -0.39 is 11.8 Å². The van der Waals surface area contributed by atoms with E-state index in [2.05, 4.69) is 4.98 Å². The van der Waals surface area contributed by atoms with Gasteiger partial charge in [0.05, 0.1) is 10.0 Å². The highest BCUT2D eigenvalue weighted by atomic mass is 35.5. The van der Waals surface area contributed by atoms with Crippen molar-refractivity contribution in [3.8, 4) is 0 Å². The van der Waals surface area contributed by atoms with Gasteiger partial charge in [0.1, 0.15) is 5.82 Å². The van der Waals surface area contributed by atoms with Crippen LogP contribution in [0, 0.1) is 5.82 Å². The minimum absolute atomic E-state index is 0.0261. The average Bonchev–Trinajstić information content (AvgIpc) is 2.72. The molecule has 1 heterocycles. The lowest BCUT2D eigenvalue weighted by molar-refractivity contribution is 0.0691. The van der Waals surface area contributed by atoms with Crippen LogP contribution >= 0.6 is 22.9 Å². The maximum absolute atomic E-state index is 12.9. The summed E-state index contributed by atoms with van der Waals surface area (Å²) in [5.41, 5.74) is 0.820. The third-order valence-corrected chi connectivity index (χ3v) is 3.25. The Morgan fingerprint density at radius 1 is 1.53 bits per heavy atom. The lowest BCUT2D eigenvalue weighted by Gasteiger charge is -1.99. The number of carboxylic acid groups (broad SMARTS) is 1. The minimum Gasteiger partial charge on any atom is -0.476 e. The lowest BCUT2D eigenvalue weighted by atomic mass is 10.1. The number of thiazole rings is 1. The zero-order chi connectivity index (χ0) is 12.4. The molecular weight excluding hydrogens is 265 g/mol. The van der Waals surface area contributed by atoms with E-state index in [1.807, 2.05) is 0 Å². The number of carbonyl (C=O) groups is 1. The van der Waals surface area contributed by atoms with Gasteiger partial charge in [0, 0.05) is 11.8 Å². The molecule has 0 fully saturated rings. The van der Waals surface area contributed by atoms with Crippen molar-refractivity contribution in [2.24, 2.45) is 0 Å². The molecule has 1 aromatic carbocycles. The number of benzene rings is 1. The maximum Gasteiger partial charge on any atom is 0.355 e. The Morgan fingerprint density at radius 3 is 2.88 bits per heavy atom. The highest BCUT2D eigenvalue weighted by molar-refractivity contribution is 7.09. The average molecular weight is 272 g/mol. The van der Waals surface area contributed by atoms with Crippen LogP contribution < -0.4 is 0 Å². The van der Waals surface area contributed by atoms with Crippen molar-refractivity contribution in [2.75, 3.05) is 0 Å². The molecule has 0 aliphatic carbocycles. The normalized spacial score (nSPS) is 10.5. The van der Waals surface area contributed by atoms with Crippen molar-refractivity contribution < 1.29 is 14.3 Å². The van der Waals surface area contributed by atoms with Crippen LogP contribution in [-0.2, 0) is 6.42 Å². The van der Waals surface area contributed by atoms with Crippen molar-refractivity contribution in [3.63, 3.8) is 0 Å². The van der Waals surface area contributed by atoms with Crippen LogP contribution in [0.25, 0.3) is 0 Å². The zero-order valence-electron chi connectivity index (χ0n) is 8.48. The molecular formula is C11H7ClFNO2S. The van der Waals surface area contributed by atoms with E-state index in [0.717, 1.165) is 5.56 Å². The van der Waals surface area contributed by atoms with Gasteiger partial charge in [-0.3, -0.25) is 0 Å². The van der Waals surface area contributed by atoms with Gasteiger partial charge in [0.25, 0.3) is 0 Å². The summed E-state index contributed by atoms with van der Waals surface area (Å²) in [6.45, 7) is 0. The van der Waals surface area contributed by atoms with Crippen molar-refractivity contribution in [3.05, 3.63) is 50.7 Å². The van der Waals surface area contributed by atoms with E-state index in [-0.39, 0.29) is 10.7 Å². The second kappa shape index (κ2) is 4.81. The summed E-state index contributed by atoms with van der Waals surface area (Å²) in [5.74, 6) is -1.52. The van der Waals surface area contributed by atoms with Crippen LogP contribution in [0.5, 0.6) is 0 Å². The Bertz CT molecular complexity index is 570. The molecule has 0 saturated carbocycles. The number of nitrogens with zero attached hydrogens (tertiary/aromatic N) is 1. The molecule has 0 unspecified atom stereocenters. The van der Waals surface area contributed by atoms with Gasteiger partial charge in [0.15, 0.2) is 5.69 Å². The minimum atomic E-state index is -1.05. The molecule has 0 amide bonds. The number of hydrogen-bond donors (Lipinski definition) is 1. The summed E-state index contributed by atoms with van der Waals surface area (Å²) >= 11 is 6.90. The van der Waals surface area contributed by atoms with Crippen LogP contribution in [0.3, 0.4) is 0 Å². The van der Waals surface area contributed by atoms with Gasteiger partial charge < -0.3 is 5.11 Å². The SMILES string of the molecule is O=C(O)c1csc(Cc2ccc(F)c(Cl)c2)n1. The summed E-state index contributed by atoms with van der Waals surface area (Å²) in [7, 11) is 0. The molecule has 0 aliphatic heterocycles. The molecule has 3 nitrogen and oxygen atoms in total. The van der Waals surface area contributed by atoms with Gasteiger partial charge in [-0.25, -0.2) is 14.2 Å². The molecule has 2 rings (SSSR count). The van der Waals surface area contributed by atoms with Crippen LogP contribution in [0.4, 0.5) is 4.39 Å². The van der Waals surface area contributed by atoms with E-state index >= 15 is 0 Å². The Balaban J connectivity index is 2.19. The second-order valence-corrected chi connectivity index (χ2v) is 4.71. The number of rotatable bonds is 3. The van der Waals surface area contributed by atoms with E-state index in [0.29, 0.717) is 11.4 Å². The molecule has 0 aliphatic rings. The fraction of sp³-hybridized carbons (Fsp3) is 0.0909. The van der Waals surface area contributed by atoms with Crippen molar-refractivity contribution in [1.29, 1.82) is 0 Å². The molecule has 17 heavy (non-hydrogen) atoms. The first kappa shape index (κ1) is 12.0. The fourth-order valence-electron chi connectivity index (χ4n) is 1.31. The number of aromatic nitrogens is 1. The summed E-state index contributed by atoms with van der Waals surface area (Å²) in [6.07, 6.45) is 0.442. The van der Waals surface area contributed by atoms with Crippen LogP contribution in [-0.4, -0.2) is 16.1 Å². The first-order valence-corrected chi connectivity index (χ1v) is 5.93. The Morgan fingerprint density at radius 2 is 2.29 bits per heavy atom. The molecule has 0 saturated heterocycles. The quantitative estimate of drug-likeness (QED) is 0.932. The molecule has 1 aromatic heterocycles. The van der Waals surface area contributed by atoms with Gasteiger partial charge in [-0.05, 0) is 17.7 Å². The number of carboxylic acids is 1. The molecule has 1 N–H and O–H groups in total. The first-order valence-electron chi connectivity index (χ1n) is 4.68. The predicted octanol–water partition coefficient (Wildman–Crippen LogP) is 3.22. The van der Waals surface area contributed by atoms with Gasteiger partial charge in [-0.2, -0.15) is 0 Å². The summed E-state index contributed by atoms with van der Waals surface area (Å²) in [5, 5.41) is 10.9. The zero-order valence-corrected chi connectivity index (χ0v) is 10.1. The van der Waals surface area contributed by atoms with Gasteiger partial charge in [0.2, 0.25) is 0 Å². The van der Waals surface area contributed by atoms with Crippen molar-refractivity contribution in [2.45, 2.75) is 6.42 Å². The topological polar surface area (TPSA) is 50.2 Å². The molecule has 0 atom stereocenters.